The molecule has 4 rings (SSSR count). The van der Waals surface area contributed by atoms with Gasteiger partial charge in [-0.3, -0.25) is 0 Å². The zero-order valence-electron chi connectivity index (χ0n) is 11.1. The Balaban J connectivity index is 1.65. The lowest BCUT2D eigenvalue weighted by Crippen LogP contribution is -2.16. The van der Waals surface area contributed by atoms with E-state index in [9.17, 15) is 4.79 Å². The van der Waals surface area contributed by atoms with Gasteiger partial charge < -0.3 is 9.47 Å². The van der Waals surface area contributed by atoms with Gasteiger partial charge in [-0.25, -0.2) is 4.79 Å². The van der Waals surface area contributed by atoms with Crippen LogP contribution in [0.3, 0.4) is 0 Å². The van der Waals surface area contributed by atoms with Crippen molar-refractivity contribution in [1.82, 2.24) is 0 Å². The maximum atomic E-state index is 12.4. The summed E-state index contributed by atoms with van der Waals surface area (Å²) in [5.41, 5.74) is 3.14. The number of ether oxygens (including phenoxy) is 2. The average Bonchev–Trinajstić information content (AvgIpc) is 3.10. The third-order valence-corrected chi connectivity index (χ3v) is 4.22. The van der Waals surface area contributed by atoms with Crippen LogP contribution >= 0.6 is 0 Å². The number of epoxide rings is 1. The number of carbonyl (C=O) groups is 1. The van der Waals surface area contributed by atoms with Crippen LogP contribution in [0, 0.1) is 11.8 Å². The van der Waals surface area contributed by atoms with E-state index < -0.39 is 0 Å². The van der Waals surface area contributed by atoms with Crippen molar-refractivity contribution in [1.29, 1.82) is 0 Å². The van der Waals surface area contributed by atoms with Crippen molar-refractivity contribution < 1.29 is 14.3 Å². The molecule has 0 spiro atoms. The molecule has 3 unspecified atom stereocenters. The molecule has 0 amide bonds. The highest BCUT2D eigenvalue weighted by molar-refractivity contribution is 6.01. The van der Waals surface area contributed by atoms with E-state index in [0.29, 0.717) is 19.1 Å². The SMILES string of the molecule is O=C(OCC1CO1)C1=C(c2ccccc2)C2C=CC1C2. The summed E-state index contributed by atoms with van der Waals surface area (Å²) in [6.45, 7) is 1.09. The molecule has 1 aromatic carbocycles. The van der Waals surface area contributed by atoms with Crippen LogP contribution in [0.25, 0.3) is 5.57 Å². The molecule has 0 saturated carbocycles. The summed E-state index contributed by atoms with van der Waals surface area (Å²) in [7, 11) is 0. The van der Waals surface area contributed by atoms with Gasteiger partial charge in [0.1, 0.15) is 12.7 Å². The van der Waals surface area contributed by atoms with Gasteiger partial charge in [0.15, 0.2) is 0 Å². The van der Waals surface area contributed by atoms with Gasteiger partial charge >= 0.3 is 5.97 Å². The molecule has 20 heavy (non-hydrogen) atoms. The van der Waals surface area contributed by atoms with Crippen molar-refractivity contribution >= 4 is 11.5 Å². The Morgan fingerprint density at radius 1 is 1.20 bits per heavy atom. The first-order chi connectivity index (χ1) is 9.83. The van der Waals surface area contributed by atoms with Crippen LogP contribution in [0.1, 0.15) is 12.0 Å². The summed E-state index contributed by atoms with van der Waals surface area (Å²) in [6, 6.07) is 10.2. The molecule has 1 aliphatic heterocycles. The summed E-state index contributed by atoms with van der Waals surface area (Å²) in [4.78, 5) is 12.4. The van der Waals surface area contributed by atoms with E-state index in [-0.39, 0.29) is 18.0 Å². The van der Waals surface area contributed by atoms with Gasteiger partial charge in [0.25, 0.3) is 0 Å². The Morgan fingerprint density at radius 2 is 1.95 bits per heavy atom. The molecular weight excluding hydrogens is 252 g/mol. The third kappa shape index (κ3) is 1.98. The van der Waals surface area contributed by atoms with E-state index in [2.05, 4.69) is 24.3 Å². The van der Waals surface area contributed by atoms with Crippen molar-refractivity contribution in [2.75, 3.05) is 13.2 Å². The lowest BCUT2D eigenvalue weighted by Gasteiger charge is -2.15. The Kier molecular flexibility index (Phi) is 2.74. The van der Waals surface area contributed by atoms with Gasteiger partial charge in [0.2, 0.25) is 0 Å². The van der Waals surface area contributed by atoms with E-state index in [1.165, 1.54) is 0 Å². The highest BCUT2D eigenvalue weighted by atomic mass is 16.6. The first kappa shape index (κ1) is 11.9. The molecule has 1 saturated heterocycles. The number of rotatable bonds is 4. The number of hydrogen-bond donors (Lipinski definition) is 0. The van der Waals surface area contributed by atoms with Gasteiger partial charge in [-0.1, -0.05) is 42.5 Å². The Hall–Kier alpha value is -1.87. The molecule has 3 heteroatoms. The minimum atomic E-state index is -0.170. The van der Waals surface area contributed by atoms with Crippen LogP contribution in [0.15, 0.2) is 48.1 Å². The number of benzene rings is 1. The number of fused-ring (bicyclic) bond motifs is 2. The van der Waals surface area contributed by atoms with Crippen LogP contribution in [0.5, 0.6) is 0 Å². The van der Waals surface area contributed by atoms with Crippen LogP contribution in [-0.2, 0) is 14.3 Å². The van der Waals surface area contributed by atoms with Crippen molar-refractivity contribution in [3.05, 3.63) is 53.6 Å². The number of allylic oxidation sites excluding steroid dienone is 3. The largest absolute Gasteiger partial charge is 0.459 e. The first-order valence-electron chi connectivity index (χ1n) is 7.09. The molecular formula is C17H16O3. The van der Waals surface area contributed by atoms with E-state index in [4.69, 9.17) is 9.47 Å². The Labute approximate surface area is 117 Å². The van der Waals surface area contributed by atoms with Gasteiger partial charge in [-0.15, -0.1) is 0 Å². The topological polar surface area (TPSA) is 38.8 Å². The fourth-order valence-electron chi connectivity index (χ4n) is 3.19. The van der Waals surface area contributed by atoms with Crippen LogP contribution in [0.4, 0.5) is 0 Å². The zero-order valence-corrected chi connectivity index (χ0v) is 11.1. The predicted molar refractivity (Wildman–Crippen MR) is 74.8 cm³/mol. The molecule has 0 aromatic heterocycles. The molecule has 3 nitrogen and oxygen atoms in total. The van der Waals surface area contributed by atoms with Crippen LogP contribution in [0.2, 0.25) is 0 Å². The summed E-state index contributed by atoms with van der Waals surface area (Å²) in [5, 5.41) is 0. The maximum Gasteiger partial charge on any atom is 0.335 e. The smallest absolute Gasteiger partial charge is 0.335 e. The van der Waals surface area contributed by atoms with Crippen molar-refractivity contribution in [2.45, 2.75) is 12.5 Å². The maximum absolute atomic E-state index is 12.4. The minimum absolute atomic E-state index is 0.119. The Bertz CT molecular complexity index is 596. The van der Waals surface area contributed by atoms with Gasteiger partial charge in [-0.2, -0.15) is 0 Å². The second kappa shape index (κ2) is 4.60. The number of hydrogen-bond acceptors (Lipinski definition) is 3. The lowest BCUT2D eigenvalue weighted by molar-refractivity contribution is -0.139. The van der Waals surface area contributed by atoms with Gasteiger partial charge in [0, 0.05) is 17.4 Å². The first-order valence-corrected chi connectivity index (χ1v) is 7.09. The fourth-order valence-corrected chi connectivity index (χ4v) is 3.19. The zero-order chi connectivity index (χ0) is 13.5. The number of esters is 1. The lowest BCUT2D eigenvalue weighted by atomic mass is 9.91. The molecule has 3 aliphatic rings. The fraction of sp³-hybridized carbons (Fsp3) is 0.353. The molecule has 3 atom stereocenters. The number of carbonyl (C=O) groups excluding carboxylic acids is 1. The van der Waals surface area contributed by atoms with Gasteiger partial charge in [0.05, 0.1) is 6.61 Å². The molecule has 102 valence electrons. The summed E-state index contributed by atoms with van der Waals surface area (Å²) < 4.78 is 10.5. The predicted octanol–water partition coefficient (Wildman–Crippen LogP) is 2.59. The Morgan fingerprint density at radius 3 is 2.70 bits per heavy atom. The van der Waals surface area contributed by atoms with E-state index in [1.54, 1.807) is 0 Å². The van der Waals surface area contributed by atoms with E-state index in [0.717, 1.165) is 23.1 Å². The van der Waals surface area contributed by atoms with Gasteiger partial charge in [-0.05, 0) is 17.6 Å². The molecule has 0 radical (unpaired) electrons. The summed E-state index contributed by atoms with van der Waals surface area (Å²) >= 11 is 0. The molecule has 1 aromatic rings. The van der Waals surface area contributed by atoms with Crippen LogP contribution < -0.4 is 0 Å². The minimum Gasteiger partial charge on any atom is -0.459 e. The van der Waals surface area contributed by atoms with Crippen molar-refractivity contribution in [3.8, 4) is 0 Å². The van der Waals surface area contributed by atoms with E-state index in [1.807, 2.05) is 18.2 Å². The second-order valence-electron chi connectivity index (χ2n) is 5.58. The molecule has 1 fully saturated rings. The quantitative estimate of drug-likeness (QED) is 0.478. The second-order valence-corrected chi connectivity index (χ2v) is 5.58. The molecule has 2 bridgehead atoms. The highest BCUT2D eigenvalue weighted by Gasteiger charge is 2.40. The third-order valence-electron chi connectivity index (χ3n) is 4.22. The summed E-state index contributed by atoms with van der Waals surface area (Å²) in [5.74, 6) is 0.418. The molecule has 0 N–H and O–H groups in total. The van der Waals surface area contributed by atoms with Crippen molar-refractivity contribution in [2.24, 2.45) is 11.8 Å². The standard InChI is InChI=1S/C17H16O3/c18-17(20-10-14-9-19-14)16-13-7-6-12(8-13)15(16)11-4-2-1-3-5-11/h1-7,12-14H,8-10H2. The van der Waals surface area contributed by atoms with Crippen LogP contribution in [-0.4, -0.2) is 25.3 Å². The van der Waals surface area contributed by atoms with E-state index >= 15 is 0 Å². The summed E-state index contributed by atoms with van der Waals surface area (Å²) in [6.07, 6.45) is 5.48. The highest BCUT2D eigenvalue weighted by Crippen LogP contribution is 2.48. The monoisotopic (exact) mass is 268 g/mol. The normalized spacial score (nSPS) is 29.9. The molecule has 1 heterocycles. The van der Waals surface area contributed by atoms with Crippen molar-refractivity contribution in [3.63, 3.8) is 0 Å². The average molecular weight is 268 g/mol. The molecule has 2 aliphatic carbocycles.